The fourth-order valence-electron chi connectivity index (χ4n) is 3.12. The van der Waals surface area contributed by atoms with Crippen LogP contribution in [0.5, 0.6) is 17.2 Å². The molecule has 0 atom stereocenters. The van der Waals surface area contributed by atoms with Crippen LogP contribution in [0.25, 0.3) is 6.08 Å². The van der Waals surface area contributed by atoms with Crippen molar-refractivity contribution in [2.24, 2.45) is 0 Å². The molecule has 6 nitrogen and oxygen atoms in total. The average Bonchev–Trinajstić information content (AvgIpc) is 2.83. The highest BCUT2D eigenvalue weighted by Gasteiger charge is 2.12. The van der Waals surface area contributed by atoms with Crippen molar-refractivity contribution in [2.75, 3.05) is 12.4 Å². The van der Waals surface area contributed by atoms with E-state index < -0.39 is 5.91 Å². The van der Waals surface area contributed by atoms with Crippen molar-refractivity contribution in [1.29, 1.82) is 5.26 Å². The largest absolute Gasteiger partial charge is 0.493 e. The second-order valence-electron chi connectivity index (χ2n) is 8.00. The number of nitriles is 1. The second-order valence-corrected chi connectivity index (χ2v) is 8.00. The van der Waals surface area contributed by atoms with Crippen molar-refractivity contribution in [2.45, 2.75) is 33.5 Å². The summed E-state index contributed by atoms with van der Waals surface area (Å²) in [5.74, 6) is 1.31. The Labute approximate surface area is 200 Å². The molecular formula is C28H28N2O4. The number of aryl methyl sites for hydroxylation is 1. The lowest BCUT2D eigenvalue weighted by Crippen LogP contribution is -2.13. The van der Waals surface area contributed by atoms with Crippen molar-refractivity contribution < 1.29 is 19.0 Å². The molecule has 3 rings (SSSR count). The molecule has 0 radical (unpaired) electrons. The van der Waals surface area contributed by atoms with Gasteiger partial charge in [-0.25, -0.2) is 0 Å². The summed E-state index contributed by atoms with van der Waals surface area (Å²) in [5.41, 5.74) is 3.46. The monoisotopic (exact) mass is 456 g/mol. The van der Waals surface area contributed by atoms with Gasteiger partial charge in [0, 0.05) is 5.69 Å². The van der Waals surface area contributed by atoms with Crippen molar-refractivity contribution in [3.63, 3.8) is 0 Å². The molecule has 0 unspecified atom stereocenters. The molecule has 0 aliphatic rings. The third-order valence-corrected chi connectivity index (χ3v) is 4.86. The lowest BCUT2D eigenvalue weighted by atomic mass is 10.1. The normalized spacial score (nSPS) is 11.0. The smallest absolute Gasteiger partial charge is 0.266 e. The molecule has 0 heterocycles. The summed E-state index contributed by atoms with van der Waals surface area (Å²) < 4.78 is 16.9. The Morgan fingerprint density at radius 2 is 1.74 bits per heavy atom. The van der Waals surface area contributed by atoms with Crippen LogP contribution in [0.2, 0.25) is 0 Å². The minimum atomic E-state index is -0.503. The summed E-state index contributed by atoms with van der Waals surface area (Å²) in [5, 5.41) is 12.3. The highest BCUT2D eigenvalue weighted by atomic mass is 16.5. The van der Waals surface area contributed by atoms with E-state index in [1.165, 1.54) is 11.6 Å². The lowest BCUT2D eigenvalue weighted by molar-refractivity contribution is -0.112. The van der Waals surface area contributed by atoms with Crippen molar-refractivity contribution >= 4 is 17.7 Å². The van der Waals surface area contributed by atoms with Gasteiger partial charge in [-0.2, -0.15) is 5.26 Å². The molecule has 0 aromatic heterocycles. The van der Waals surface area contributed by atoms with Crippen LogP contribution >= 0.6 is 0 Å². The third kappa shape index (κ3) is 6.88. The quantitative estimate of drug-likeness (QED) is 0.320. The standard InChI is InChI=1S/C28H28N2O4/c1-19(2)34-26-14-9-22(16-27(26)32-4)15-23(17-29)28(31)30-24-10-12-25(13-11-24)33-18-21-7-5-20(3)6-8-21/h5-16,19H,18H2,1-4H3,(H,30,31)/b23-15+. The van der Waals surface area contributed by atoms with E-state index in [2.05, 4.69) is 5.32 Å². The number of methoxy groups -OCH3 is 1. The Bertz CT molecular complexity index is 1190. The number of hydrogen-bond acceptors (Lipinski definition) is 5. The Morgan fingerprint density at radius 1 is 1.03 bits per heavy atom. The predicted octanol–water partition coefficient (Wildman–Crippen LogP) is 5.92. The molecule has 0 saturated heterocycles. The maximum absolute atomic E-state index is 12.6. The first-order valence-corrected chi connectivity index (χ1v) is 10.9. The van der Waals surface area contributed by atoms with E-state index in [1.807, 2.05) is 51.1 Å². The number of nitrogens with one attached hydrogen (secondary N) is 1. The van der Waals surface area contributed by atoms with Crippen LogP contribution in [0.4, 0.5) is 5.69 Å². The van der Waals surface area contributed by atoms with Crippen LogP contribution in [0.1, 0.15) is 30.5 Å². The minimum Gasteiger partial charge on any atom is -0.493 e. The first-order chi connectivity index (χ1) is 16.4. The number of amides is 1. The zero-order valence-electron chi connectivity index (χ0n) is 19.8. The third-order valence-electron chi connectivity index (χ3n) is 4.86. The molecule has 174 valence electrons. The molecule has 0 spiro atoms. The van der Waals surface area contributed by atoms with E-state index in [-0.39, 0.29) is 11.7 Å². The minimum absolute atomic E-state index is 0.00451. The molecule has 0 aliphatic carbocycles. The number of rotatable bonds is 9. The van der Waals surface area contributed by atoms with Crippen LogP contribution in [-0.4, -0.2) is 19.1 Å². The molecule has 1 N–H and O–H groups in total. The topological polar surface area (TPSA) is 80.6 Å². The van der Waals surface area contributed by atoms with Gasteiger partial charge in [0.05, 0.1) is 13.2 Å². The number of benzene rings is 3. The molecule has 34 heavy (non-hydrogen) atoms. The number of hydrogen-bond donors (Lipinski definition) is 1. The van der Waals surface area contributed by atoms with Gasteiger partial charge in [-0.1, -0.05) is 35.9 Å². The van der Waals surface area contributed by atoms with Crippen molar-refractivity contribution in [3.05, 3.63) is 89.0 Å². The zero-order chi connectivity index (χ0) is 24.5. The van der Waals surface area contributed by atoms with Crippen LogP contribution in [-0.2, 0) is 11.4 Å². The first kappa shape index (κ1) is 24.4. The fourth-order valence-corrected chi connectivity index (χ4v) is 3.12. The summed E-state index contributed by atoms with van der Waals surface area (Å²) in [6, 6.07) is 22.4. The number of carbonyl (C=O) groups excluding carboxylic acids is 1. The van der Waals surface area contributed by atoms with Crippen LogP contribution in [0.3, 0.4) is 0 Å². The summed E-state index contributed by atoms with van der Waals surface area (Å²) in [4.78, 5) is 12.6. The van der Waals surface area contributed by atoms with Gasteiger partial charge in [0.1, 0.15) is 24.0 Å². The highest BCUT2D eigenvalue weighted by molar-refractivity contribution is 6.09. The zero-order valence-corrected chi connectivity index (χ0v) is 19.8. The number of anilines is 1. The molecular weight excluding hydrogens is 428 g/mol. The van der Waals surface area contributed by atoms with E-state index in [0.717, 1.165) is 5.56 Å². The van der Waals surface area contributed by atoms with Gasteiger partial charge in [-0.05, 0) is 74.4 Å². The average molecular weight is 457 g/mol. The summed E-state index contributed by atoms with van der Waals surface area (Å²) in [6.07, 6.45) is 1.51. The molecule has 0 saturated carbocycles. The SMILES string of the molecule is COc1cc(/C=C(\C#N)C(=O)Nc2ccc(OCc3ccc(C)cc3)cc2)ccc1OC(C)C. The lowest BCUT2D eigenvalue weighted by Gasteiger charge is -2.14. The van der Waals surface area contributed by atoms with E-state index in [4.69, 9.17) is 14.2 Å². The predicted molar refractivity (Wildman–Crippen MR) is 133 cm³/mol. The van der Waals surface area contributed by atoms with E-state index >= 15 is 0 Å². The number of carbonyl (C=O) groups is 1. The Balaban J connectivity index is 1.64. The van der Waals surface area contributed by atoms with Gasteiger partial charge in [0.2, 0.25) is 0 Å². The maximum atomic E-state index is 12.6. The van der Waals surface area contributed by atoms with E-state index in [9.17, 15) is 10.1 Å². The summed E-state index contributed by atoms with van der Waals surface area (Å²) in [7, 11) is 1.54. The maximum Gasteiger partial charge on any atom is 0.266 e. The summed E-state index contributed by atoms with van der Waals surface area (Å²) in [6.45, 7) is 6.35. The highest BCUT2D eigenvalue weighted by Crippen LogP contribution is 2.30. The van der Waals surface area contributed by atoms with Crippen LogP contribution in [0.15, 0.2) is 72.3 Å². The molecule has 3 aromatic carbocycles. The first-order valence-electron chi connectivity index (χ1n) is 10.9. The van der Waals surface area contributed by atoms with Crippen LogP contribution in [0, 0.1) is 18.3 Å². The van der Waals surface area contributed by atoms with E-state index in [1.54, 1.807) is 49.6 Å². The number of nitrogens with zero attached hydrogens (tertiary/aromatic N) is 1. The van der Waals surface area contributed by atoms with Crippen molar-refractivity contribution in [3.8, 4) is 23.3 Å². The van der Waals surface area contributed by atoms with Gasteiger partial charge in [-0.15, -0.1) is 0 Å². The molecule has 6 heteroatoms. The molecule has 0 bridgehead atoms. The Hall–Kier alpha value is -4.24. The second kappa shape index (κ2) is 11.6. The molecule has 0 aliphatic heterocycles. The van der Waals surface area contributed by atoms with Gasteiger partial charge in [0.15, 0.2) is 11.5 Å². The summed E-state index contributed by atoms with van der Waals surface area (Å²) >= 11 is 0. The van der Waals surface area contributed by atoms with Crippen molar-refractivity contribution in [1.82, 2.24) is 0 Å². The fraction of sp³-hybridized carbons (Fsp3) is 0.214. The van der Waals surface area contributed by atoms with Gasteiger partial charge >= 0.3 is 0 Å². The van der Waals surface area contributed by atoms with Gasteiger partial charge in [0.25, 0.3) is 5.91 Å². The van der Waals surface area contributed by atoms with Gasteiger partial charge in [-0.3, -0.25) is 4.79 Å². The molecule has 1 amide bonds. The Morgan fingerprint density at radius 3 is 2.35 bits per heavy atom. The molecule has 3 aromatic rings. The van der Waals surface area contributed by atoms with Gasteiger partial charge < -0.3 is 19.5 Å². The number of ether oxygens (including phenoxy) is 3. The van der Waals surface area contributed by atoms with E-state index in [0.29, 0.717) is 35.1 Å². The Kier molecular flexibility index (Phi) is 8.31. The molecule has 0 fully saturated rings. The van der Waals surface area contributed by atoms with Crippen LogP contribution < -0.4 is 19.5 Å².